The number of aliphatic carboxylic acids is 1. The van der Waals surface area contributed by atoms with Crippen LogP contribution in [0.2, 0.25) is 0 Å². The van der Waals surface area contributed by atoms with Crippen molar-refractivity contribution in [2.45, 2.75) is 6.04 Å². The Kier molecular flexibility index (Phi) is 4.50. The minimum atomic E-state index is -0.715. The number of hydrogen-bond donors (Lipinski definition) is 1. The summed E-state index contributed by atoms with van der Waals surface area (Å²) in [6.45, 7) is 4.19. The third-order valence-corrected chi connectivity index (χ3v) is 2.80. The Morgan fingerprint density at radius 1 is 1.33 bits per heavy atom. The molecule has 0 aromatic carbocycles. The van der Waals surface area contributed by atoms with Crippen molar-refractivity contribution < 1.29 is 9.90 Å². The van der Waals surface area contributed by atoms with E-state index in [4.69, 9.17) is 5.11 Å². The second-order valence-corrected chi connectivity index (χ2v) is 4.46. The van der Waals surface area contributed by atoms with Gasteiger partial charge in [0.25, 0.3) is 0 Å². The van der Waals surface area contributed by atoms with Crippen LogP contribution in [0.5, 0.6) is 0 Å². The van der Waals surface area contributed by atoms with Gasteiger partial charge in [0.05, 0.1) is 0 Å². The normalized spacial score (nSPS) is 21.9. The highest BCUT2D eigenvalue weighted by atomic mass is 16.4. The Hall–Kier alpha value is -0.650. The molecule has 1 aliphatic rings. The second kappa shape index (κ2) is 5.44. The van der Waals surface area contributed by atoms with E-state index in [9.17, 15) is 4.79 Å². The van der Waals surface area contributed by atoms with E-state index < -0.39 is 5.97 Å². The molecule has 1 atom stereocenters. The lowest BCUT2D eigenvalue weighted by atomic mass is 10.2. The fourth-order valence-corrected chi connectivity index (χ4v) is 1.83. The monoisotopic (exact) mass is 215 g/mol. The third-order valence-electron chi connectivity index (χ3n) is 2.80. The predicted octanol–water partition coefficient (Wildman–Crippen LogP) is -0.751. The Bertz CT molecular complexity index is 213. The number of carboxylic acids is 1. The summed E-state index contributed by atoms with van der Waals surface area (Å²) < 4.78 is 0. The molecule has 1 saturated heterocycles. The lowest BCUT2D eigenvalue weighted by molar-refractivity contribution is -0.144. The van der Waals surface area contributed by atoms with E-state index in [-0.39, 0.29) is 6.04 Å². The SMILES string of the molecule is CN(C)CC(C(=O)O)N1CCN(C)CC1. The van der Waals surface area contributed by atoms with Crippen LogP contribution >= 0.6 is 0 Å². The number of hydrogen-bond acceptors (Lipinski definition) is 4. The van der Waals surface area contributed by atoms with Crippen LogP contribution in [0.3, 0.4) is 0 Å². The largest absolute Gasteiger partial charge is 0.480 e. The maximum Gasteiger partial charge on any atom is 0.322 e. The minimum Gasteiger partial charge on any atom is -0.480 e. The van der Waals surface area contributed by atoms with Crippen molar-refractivity contribution >= 4 is 5.97 Å². The molecule has 0 saturated carbocycles. The Morgan fingerprint density at radius 3 is 2.27 bits per heavy atom. The molecule has 0 aromatic heterocycles. The average Bonchev–Trinajstić information content (AvgIpc) is 2.15. The summed E-state index contributed by atoms with van der Waals surface area (Å²) in [6.07, 6.45) is 0. The zero-order valence-electron chi connectivity index (χ0n) is 9.81. The highest BCUT2D eigenvalue weighted by Crippen LogP contribution is 2.06. The van der Waals surface area contributed by atoms with Crippen molar-refractivity contribution in [1.82, 2.24) is 14.7 Å². The van der Waals surface area contributed by atoms with Crippen molar-refractivity contribution in [2.75, 3.05) is 53.9 Å². The fourth-order valence-electron chi connectivity index (χ4n) is 1.83. The van der Waals surface area contributed by atoms with Gasteiger partial charge in [0, 0.05) is 32.7 Å². The zero-order chi connectivity index (χ0) is 11.4. The molecule has 1 N–H and O–H groups in total. The second-order valence-electron chi connectivity index (χ2n) is 4.46. The van der Waals surface area contributed by atoms with Crippen molar-refractivity contribution in [2.24, 2.45) is 0 Å². The number of likely N-dealkylation sites (N-methyl/N-ethyl adjacent to an activating group) is 2. The molecule has 5 heteroatoms. The van der Waals surface area contributed by atoms with E-state index in [1.807, 2.05) is 19.0 Å². The molecule has 1 fully saturated rings. The molecule has 1 aliphatic heterocycles. The number of carbonyl (C=O) groups is 1. The van der Waals surface area contributed by atoms with Crippen LogP contribution in [-0.4, -0.2) is 85.7 Å². The van der Waals surface area contributed by atoms with E-state index in [0.29, 0.717) is 6.54 Å². The zero-order valence-corrected chi connectivity index (χ0v) is 9.81. The van der Waals surface area contributed by atoms with E-state index in [0.717, 1.165) is 26.2 Å². The molecule has 5 nitrogen and oxygen atoms in total. The molecule has 1 rings (SSSR count). The molecular formula is C10H21N3O2. The molecule has 0 aromatic rings. The number of carboxylic acid groups (broad SMARTS) is 1. The van der Waals surface area contributed by atoms with E-state index in [1.165, 1.54) is 0 Å². The van der Waals surface area contributed by atoms with Gasteiger partial charge >= 0.3 is 5.97 Å². The molecule has 15 heavy (non-hydrogen) atoms. The molecule has 0 radical (unpaired) electrons. The molecular weight excluding hydrogens is 194 g/mol. The molecule has 0 bridgehead atoms. The van der Waals surface area contributed by atoms with E-state index in [2.05, 4.69) is 16.8 Å². The Morgan fingerprint density at radius 2 is 1.87 bits per heavy atom. The highest BCUT2D eigenvalue weighted by molar-refractivity contribution is 5.73. The number of piperazine rings is 1. The summed E-state index contributed by atoms with van der Waals surface area (Å²) in [5.74, 6) is -0.715. The van der Waals surface area contributed by atoms with Crippen LogP contribution in [0.15, 0.2) is 0 Å². The summed E-state index contributed by atoms with van der Waals surface area (Å²) >= 11 is 0. The first-order valence-electron chi connectivity index (χ1n) is 5.31. The summed E-state index contributed by atoms with van der Waals surface area (Å²) in [4.78, 5) is 17.3. The Balaban J connectivity index is 2.52. The molecule has 0 spiro atoms. The van der Waals surface area contributed by atoms with Crippen LogP contribution in [0.25, 0.3) is 0 Å². The molecule has 1 heterocycles. The summed E-state index contributed by atoms with van der Waals surface area (Å²) in [7, 11) is 5.89. The van der Waals surface area contributed by atoms with Gasteiger partial charge in [0.1, 0.15) is 6.04 Å². The maximum atomic E-state index is 11.1. The van der Waals surface area contributed by atoms with Crippen LogP contribution in [0.1, 0.15) is 0 Å². The standard InChI is InChI=1S/C10H21N3O2/c1-11(2)8-9(10(14)15)13-6-4-12(3)5-7-13/h9H,4-8H2,1-3H3,(H,14,15). The highest BCUT2D eigenvalue weighted by Gasteiger charge is 2.28. The fraction of sp³-hybridized carbons (Fsp3) is 0.900. The van der Waals surface area contributed by atoms with Crippen molar-refractivity contribution in [3.63, 3.8) is 0 Å². The van der Waals surface area contributed by atoms with Gasteiger partial charge in [-0.25, -0.2) is 0 Å². The first-order chi connectivity index (χ1) is 7.00. The van der Waals surface area contributed by atoms with Crippen LogP contribution in [-0.2, 0) is 4.79 Å². The van der Waals surface area contributed by atoms with Gasteiger partial charge < -0.3 is 14.9 Å². The van der Waals surface area contributed by atoms with E-state index in [1.54, 1.807) is 0 Å². The predicted molar refractivity (Wildman–Crippen MR) is 59.0 cm³/mol. The van der Waals surface area contributed by atoms with Gasteiger partial charge in [-0.1, -0.05) is 0 Å². The van der Waals surface area contributed by atoms with Crippen LogP contribution < -0.4 is 0 Å². The lowest BCUT2D eigenvalue weighted by Gasteiger charge is -2.36. The number of nitrogens with zero attached hydrogens (tertiary/aromatic N) is 3. The molecule has 88 valence electrons. The third kappa shape index (κ3) is 3.77. The van der Waals surface area contributed by atoms with Crippen LogP contribution in [0.4, 0.5) is 0 Å². The average molecular weight is 215 g/mol. The molecule has 1 unspecified atom stereocenters. The molecule has 0 amide bonds. The summed E-state index contributed by atoms with van der Waals surface area (Å²) in [6, 6.07) is -0.367. The van der Waals surface area contributed by atoms with Gasteiger partial charge in [0.15, 0.2) is 0 Å². The topological polar surface area (TPSA) is 47.0 Å². The molecule has 0 aliphatic carbocycles. The van der Waals surface area contributed by atoms with Gasteiger partial charge in [0.2, 0.25) is 0 Å². The quantitative estimate of drug-likeness (QED) is 0.668. The van der Waals surface area contributed by atoms with Crippen LogP contribution in [0, 0.1) is 0 Å². The van der Waals surface area contributed by atoms with Crippen molar-refractivity contribution in [1.29, 1.82) is 0 Å². The van der Waals surface area contributed by atoms with E-state index >= 15 is 0 Å². The van der Waals surface area contributed by atoms with Crippen molar-refractivity contribution in [3.05, 3.63) is 0 Å². The maximum absolute atomic E-state index is 11.1. The van der Waals surface area contributed by atoms with Crippen molar-refractivity contribution in [3.8, 4) is 0 Å². The smallest absolute Gasteiger partial charge is 0.322 e. The first-order valence-corrected chi connectivity index (χ1v) is 5.31. The summed E-state index contributed by atoms with van der Waals surface area (Å²) in [5, 5.41) is 9.16. The van der Waals surface area contributed by atoms with Gasteiger partial charge in [-0.3, -0.25) is 9.69 Å². The van der Waals surface area contributed by atoms with Gasteiger partial charge in [-0.05, 0) is 21.1 Å². The first kappa shape index (κ1) is 12.4. The minimum absolute atomic E-state index is 0.367. The summed E-state index contributed by atoms with van der Waals surface area (Å²) in [5.41, 5.74) is 0. The Labute approximate surface area is 91.3 Å². The van der Waals surface area contributed by atoms with Gasteiger partial charge in [-0.2, -0.15) is 0 Å². The lowest BCUT2D eigenvalue weighted by Crippen LogP contribution is -2.54. The number of rotatable bonds is 4. The van der Waals surface area contributed by atoms with Gasteiger partial charge in [-0.15, -0.1) is 0 Å².